The van der Waals surface area contributed by atoms with Crippen LogP contribution in [0.25, 0.3) is 6.08 Å². The third kappa shape index (κ3) is 2.77. The molecule has 0 unspecified atom stereocenters. The van der Waals surface area contributed by atoms with Crippen LogP contribution in [0.5, 0.6) is 5.75 Å². The molecule has 1 N–H and O–H groups in total. The summed E-state index contributed by atoms with van der Waals surface area (Å²) in [4.78, 5) is 14.8. The first-order chi connectivity index (χ1) is 10.6. The van der Waals surface area contributed by atoms with Crippen molar-refractivity contribution in [1.29, 1.82) is 0 Å². The molecule has 2 aromatic carbocycles. The second kappa shape index (κ2) is 5.94. The molecular weight excluding hydrogens is 314 g/mol. The molecule has 0 atom stereocenters. The van der Waals surface area contributed by atoms with Gasteiger partial charge in [0.05, 0.1) is 10.6 Å². The van der Waals surface area contributed by atoms with Gasteiger partial charge in [-0.2, -0.15) is 0 Å². The van der Waals surface area contributed by atoms with Gasteiger partial charge >= 0.3 is 0 Å². The molecule has 3 rings (SSSR count). The van der Waals surface area contributed by atoms with Crippen LogP contribution in [-0.4, -0.2) is 15.3 Å². The number of rotatable bonds is 2. The first-order valence-corrected chi connectivity index (χ1v) is 7.91. The van der Waals surface area contributed by atoms with Crippen molar-refractivity contribution in [3.63, 3.8) is 0 Å². The smallest absolute Gasteiger partial charge is 0.270 e. The number of hydrogen-bond acceptors (Lipinski definition) is 4. The molecule has 1 saturated heterocycles. The molecule has 1 amide bonds. The highest BCUT2D eigenvalue weighted by molar-refractivity contribution is 8.27. The fourth-order valence-electron chi connectivity index (χ4n) is 2.26. The third-order valence-electron chi connectivity index (χ3n) is 3.32. The highest BCUT2D eigenvalue weighted by Crippen LogP contribution is 2.37. The quantitative estimate of drug-likeness (QED) is 0.666. The van der Waals surface area contributed by atoms with Crippen LogP contribution < -0.4 is 4.90 Å². The van der Waals surface area contributed by atoms with Gasteiger partial charge in [-0.05, 0) is 42.3 Å². The Morgan fingerprint density at radius 2 is 1.95 bits per heavy atom. The van der Waals surface area contributed by atoms with Gasteiger partial charge in [0.15, 0.2) is 4.32 Å². The number of amides is 1. The number of para-hydroxylation sites is 1. The van der Waals surface area contributed by atoms with Crippen LogP contribution in [-0.2, 0) is 4.79 Å². The van der Waals surface area contributed by atoms with E-state index in [1.54, 1.807) is 29.2 Å². The minimum absolute atomic E-state index is 0.132. The lowest BCUT2D eigenvalue weighted by atomic mass is 10.1. The molecule has 0 radical (unpaired) electrons. The molecule has 0 aromatic heterocycles. The molecule has 0 spiro atoms. The van der Waals surface area contributed by atoms with Crippen molar-refractivity contribution in [3.8, 4) is 5.75 Å². The van der Waals surface area contributed by atoms with Crippen LogP contribution in [0, 0.1) is 6.92 Å². The zero-order chi connectivity index (χ0) is 15.7. The number of aryl methyl sites for hydroxylation is 1. The van der Waals surface area contributed by atoms with E-state index in [0.29, 0.717) is 9.23 Å². The largest absolute Gasteiger partial charge is 0.508 e. The number of thiocarbonyl (C=S) groups is 1. The zero-order valence-corrected chi connectivity index (χ0v) is 13.4. The highest BCUT2D eigenvalue weighted by atomic mass is 32.2. The van der Waals surface area contributed by atoms with Crippen LogP contribution in [0.3, 0.4) is 0 Å². The minimum atomic E-state index is -0.132. The second-order valence-corrected chi connectivity index (χ2v) is 6.57. The summed E-state index contributed by atoms with van der Waals surface area (Å²) < 4.78 is 0.519. The minimum Gasteiger partial charge on any atom is -0.508 e. The fraction of sp³-hybridized carbons (Fsp3) is 0.0588. The molecule has 0 aliphatic carbocycles. The summed E-state index contributed by atoms with van der Waals surface area (Å²) in [5, 5.41) is 9.51. The van der Waals surface area contributed by atoms with Gasteiger partial charge in [-0.3, -0.25) is 9.69 Å². The van der Waals surface area contributed by atoms with Gasteiger partial charge in [0.2, 0.25) is 0 Å². The number of carbonyl (C=O) groups is 1. The molecule has 3 nitrogen and oxygen atoms in total. The summed E-state index contributed by atoms with van der Waals surface area (Å²) in [6.07, 6.45) is 1.75. The highest BCUT2D eigenvalue weighted by Gasteiger charge is 2.33. The first-order valence-electron chi connectivity index (χ1n) is 6.69. The van der Waals surface area contributed by atoms with Crippen LogP contribution >= 0.6 is 24.0 Å². The SMILES string of the molecule is Cc1ccccc1N1C(=O)/C(=C/c2cccc(O)c2)SC1=S. The molecule has 110 valence electrons. The van der Waals surface area contributed by atoms with Gasteiger partial charge in [0.25, 0.3) is 5.91 Å². The van der Waals surface area contributed by atoms with Crippen molar-refractivity contribution < 1.29 is 9.90 Å². The van der Waals surface area contributed by atoms with Crippen LogP contribution in [0.2, 0.25) is 0 Å². The summed E-state index contributed by atoms with van der Waals surface area (Å²) >= 11 is 6.63. The summed E-state index contributed by atoms with van der Waals surface area (Å²) in [7, 11) is 0. The Bertz CT molecular complexity index is 799. The van der Waals surface area contributed by atoms with E-state index in [-0.39, 0.29) is 11.7 Å². The summed E-state index contributed by atoms with van der Waals surface area (Å²) in [6, 6.07) is 14.4. The van der Waals surface area contributed by atoms with Crippen molar-refractivity contribution in [1.82, 2.24) is 0 Å². The van der Waals surface area contributed by atoms with Crippen LogP contribution in [0.4, 0.5) is 5.69 Å². The number of phenolic OH excluding ortho intramolecular Hbond substituents is 1. The summed E-state index contributed by atoms with van der Waals surface area (Å²) in [5.74, 6) is 0.0378. The molecule has 2 aromatic rings. The lowest BCUT2D eigenvalue weighted by molar-refractivity contribution is -0.113. The maximum atomic E-state index is 12.6. The molecule has 1 aliphatic rings. The fourth-order valence-corrected chi connectivity index (χ4v) is 3.54. The number of nitrogens with zero attached hydrogens (tertiary/aromatic N) is 1. The lowest BCUT2D eigenvalue weighted by Crippen LogP contribution is -2.28. The van der Waals surface area contributed by atoms with Gasteiger partial charge in [0, 0.05) is 0 Å². The van der Waals surface area contributed by atoms with E-state index >= 15 is 0 Å². The standard InChI is InChI=1S/C17H13NO2S2/c1-11-5-2-3-8-14(11)18-16(20)15(22-17(18)21)10-12-6-4-7-13(19)9-12/h2-10,19H,1H3/b15-10-. The van der Waals surface area contributed by atoms with Crippen molar-refractivity contribution in [2.75, 3.05) is 4.90 Å². The monoisotopic (exact) mass is 327 g/mol. The molecule has 5 heteroatoms. The summed E-state index contributed by atoms with van der Waals surface area (Å²) in [5.41, 5.74) is 2.58. The molecule has 0 bridgehead atoms. The lowest BCUT2D eigenvalue weighted by Gasteiger charge is -2.16. The molecule has 0 saturated carbocycles. The Balaban J connectivity index is 1.97. The third-order valence-corrected chi connectivity index (χ3v) is 4.62. The van der Waals surface area contributed by atoms with Gasteiger partial charge in [-0.25, -0.2) is 0 Å². The summed E-state index contributed by atoms with van der Waals surface area (Å²) in [6.45, 7) is 1.95. The average Bonchev–Trinajstić information content (AvgIpc) is 2.74. The van der Waals surface area contributed by atoms with Crippen LogP contribution in [0.15, 0.2) is 53.4 Å². The number of phenols is 1. The van der Waals surface area contributed by atoms with Gasteiger partial charge in [0.1, 0.15) is 5.75 Å². The van der Waals surface area contributed by atoms with Crippen molar-refractivity contribution in [2.45, 2.75) is 6.92 Å². The Kier molecular flexibility index (Phi) is 4.00. The Morgan fingerprint density at radius 1 is 1.18 bits per heavy atom. The van der Waals surface area contributed by atoms with Gasteiger partial charge in [-0.1, -0.05) is 54.3 Å². The molecule has 22 heavy (non-hydrogen) atoms. The van der Waals surface area contributed by atoms with Crippen molar-refractivity contribution >= 4 is 46.0 Å². The van der Waals surface area contributed by atoms with E-state index in [4.69, 9.17) is 12.2 Å². The number of anilines is 1. The topological polar surface area (TPSA) is 40.5 Å². The van der Waals surface area contributed by atoms with E-state index < -0.39 is 0 Å². The van der Waals surface area contributed by atoms with E-state index in [2.05, 4.69) is 0 Å². The van der Waals surface area contributed by atoms with E-state index in [1.165, 1.54) is 11.8 Å². The predicted molar refractivity (Wildman–Crippen MR) is 94.9 cm³/mol. The maximum Gasteiger partial charge on any atom is 0.270 e. The second-order valence-electron chi connectivity index (χ2n) is 4.90. The Morgan fingerprint density at radius 3 is 2.68 bits per heavy atom. The van der Waals surface area contributed by atoms with Gasteiger partial charge < -0.3 is 5.11 Å². The predicted octanol–water partition coefficient (Wildman–Crippen LogP) is 4.11. The van der Waals surface area contributed by atoms with E-state index in [0.717, 1.165) is 16.8 Å². The number of hydrogen-bond donors (Lipinski definition) is 1. The molecule has 1 aliphatic heterocycles. The maximum absolute atomic E-state index is 12.6. The number of aromatic hydroxyl groups is 1. The zero-order valence-electron chi connectivity index (χ0n) is 11.8. The van der Waals surface area contributed by atoms with E-state index in [9.17, 15) is 9.90 Å². The average molecular weight is 327 g/mol. The molecular formula is C17H13NO2S2. The molecule has 1 heterocycles. The van der Waals surface area contributed by atoms with Gasteiger partial charge in [-0.15, -0.1) is 0 Å². The number of benzene rings is 2. The first kappa shape index (κ1) is 14.8. The van der Waals surface area contributed by atoms with Crippen molar-refractivity contribution in [2.24, 2.45) is 0 Å². The van der Waals surface area contributed by atoms with Crippen LogP contribution in [0.1, 0.15) is 11.1 Å². The molecule has 1 fully saturated rings. The van der Waals surface area contributed by atoms with Crippen molar-refractivity contribution in [3.05, 3.63) is 64.6 Å². The Labute approximate surface area is 138 Å². The normalized spacial score (nSPS) is 16.6. The number of carbonyl (C=O) groups excluding carboxylic acids is 1. The number of thioether (sulfide) groups is 1. The van der Waals surface area contributed by atoms with E-state index in [1.807, 2.05) is 37.3 Å². The Hall–Kier alpha value is -2.11.